The Morgan fingerprint density at radius 2 is 1.65 bits per heavy atom. The summed E-state index contributed by atoms with van der Waals surface area (Å²) in [4.78, 5) is 0. The molecule has 1 atom stereocenters. The van der Waals surface area contributed by atoms with Crippen LogP contribution in [0.3, 0.4) is 0 Å². The standard InChI is InChI=1S/C22H27N3O/c1-5-9-21(23-22-16(2)24-25(4)17(22)3)18-12-14-20(15-13-18)26-19-10-7-6-8-11-19/h6-8,10-15,21,23H,5,9H2,1-4H3. The summed E-state index contributed by atoms with van der Waals surface area (Å²) < 4.78 is 7.83. The number of benzene rings is 2. The highest BCUT2D eigenvalue weighted by Gasteiger charge is 2.16. The maximum Gasteiger partial charge on any atom is 0.127 e. The second-order valence-corrected chi connectivity index (χ2v) is 6.64. The van der Waals surface area contributed by atoms with E-state index in [1.807, 2.05) is 54.2 Å². The Balaban J connectivity index is 1.77. The van der Waals surface area contributed by atoms with Crippen molar-refractivity contribution in [1.29, 1.82) is 0 Å². The molecule has 26 heavy (non-hydrogen) atoms. The third kappa shape index (κ3) is 4.07. The molecule has 3 rings (SSSR count). The highest BCUT2D eigenvalue weighted by molar-refractivity contribution is 5.53. The molecule has 1 heterocycles. The van der Waals surface area contributed by atoms with E-state index in [1.165, 1.54) is 5.56 Å². The molecular formula is C22H27N3O. The molecule has 0 radical (unpaired) electrons. The monoisotopic (exact) mass is 349 g/mol. The molecule has 136 valence electrons. The maximum absolute atomic E-state index is 5.90. The van der Waals surface area contributed by atoms with E-state index in [4.69, 9.17) is 4.74 Å². The summed E-state index contributed by atoms with van der Waals surface area (Å²) in [5.74, 6) is 1.70. The zero-order valence-corrected chi connectivity index (χ0v) is 16.0. The summed E-state index contributed by atoms with van der Waals surface area (Å²) in [6.45, 7) is 6.36. The van der Waals surface area contributed by atoms with Crippen molar-refractivity contribution in [2.24, 2.45) is 7.05 Å². The number of hydrogen-bond acceptors (Lipinski definition) is 3. The maximum atomic E-state index is 5.90. The van der Waals surface area contributed by atoms with Crippen LogP contribution in [0.5, 0.6) is 11.5 Å². The molecule has 0 saturated carbocycles. The first-order chi connectivity index (χ1) is 12.6. The first-order valence-corrected chi connectivity index (χ1v) is 9.18. The first-order valence-electron chi connectivity index (χ1n) is 9.18. The second-order valence-electron chi connectivity index (χ2n) is 6.64. The van der Waals surface area contributed by atoms with E-state index in [0.29, 0.717) is 0 Å². The number of aryl methyl sites for hydroxylation is 2. The van der Waals surface area contributed by atoms with Crippen LogP contribution < -0.4 is 10.1 Å². The van der Waals surface area contributed by atoms with Gasteiger partial charge in [0.15, 0.2) is 0 Å². The third-order valence-electron chi connectivity index (χ3n) is 4.67. The lowest BCUT2D eigenvalue weighted by atomic mass is 10.0. The van der Waals surface area contributed by atoms with Gasteiger partial charge in [-0.05, 0) is 50.1 Å². The van der Waals surface area contributed by atoms with Gasteiger partial charge in [0.25, 0.3) is 0 Å². The van der Waals surface area contributed by atoms with Gasteiger partial charge in [-0.1, -0.05) is 43.7 Å². The molecule has 4 heteroatoms. The van der Waals surface area contributed by atoms with Gasteiger partial charge in [-0.3, -0.25) is 4.68 Å². The molecule has 1 unspecified atom stereocenters. The number of nitrogens with zero attached hydrogens (tertiary/aromatic N) is 2. The Labute approximate surface area is 155 Å². The summed E-state index contributed by atoms with van der Waals surface area (Å²) in [5, 5.41) is 8.21. The SMILES string of the molecule is CCCC(Nc1c(C)nn(C)c1C)c1ccc(Oc2ccccc2)cc1. The number of ether oxygens (including phenoxy) is 1. The zero-order chi connectivity index (χ0) is 18.5. The Hall–Kier alpha value is -2.75. The predicted molar refractivity (Wildman–Crippen MR) is 107 cm³/mol. The van der Waals surface area contributed by atoms with Crippen LogP contribution in [0.4, 0.5) is 5.69 Å². The molecule has 4 nitrogen and oxygen atoms in total. The van der Waals surface area contributed by atoms with Crippen LogP contribution in [0.15, 0.2) is 54.6 Å². The van der Waals surface area contributed by atoms with Gasteiger partial charge in [0.2, 0.25) is 0 Å². The lowest BCUT2D eigenvalue weighted by molar-refractivity contribution is 0.482. The minimum absolute atomic E-state index is 0.257. The molecule has 0 aliphatic rings. The van der Waals surface area contributed by atoms with Crippen LogP contribution in [0, 0.1) is 13.8 Å². The van der Waals surface area contributed by atoms with Crippen molar-refractivity contribution in [3.8, 4) is 11.5 Å². The smallest absolute Gasteiger partial charge is 0.127 e. The van der Waals surface area contributed by atoms with E-state index in [1.54, 1.807) is 0 Å². The van der Waals surface area contributed by atoms with Crippen LogP contribution in [0.2, 0.25) is 0 Å². The molecule has 1 aromatic heterocycles. The Morgan fingerprint density at radius 1 is 1.00 bits per heavy atom. The van der Waals surface area contributed by atoms with Gasteiger partial charge in [-0.25, -0.2) is 0 Å². The molecule has 0 bridgehead atoms. The Morgan fingerprint density at radius 3 is 2.23 bits per heavy atom. The zero-order valence-electron chi connectivity index (χ0n) is 16.0. The number of hydrogen-bond donors (Lipinski definition) is 1. The van der Waals surface area contributed by atoms with Gasteiger partial charge in [0.05, 0.1) is 23.1 Å². The summed E-state index contributed by atoms with van der Waals surface area (Å²) in [7, 11) is 1.98. The van der Waals surface area contributed by atoms with E-state index in [9.17, 15) is 0 Å². The Kier molecular flexibility index (Phi) is 5.61. The average molecular weight is 349 g/mol. The van der Waals surface area contributed by atoms with Crippen LogP contribution in [-0.4, -0.2) is 9.78 Å². The summed E-state index contributed by atoms with van der Waals surface area (Å²) in [5.41, 5.74) is 4.59. The van der Waals surface area contributed by atoms with Crippen molar-refractivity contribution >= 4 is 5.69 Å². The van der Waals surface area contributed by atoms with Crippen LogP contribution >= 0.6 is 0 Å². The van der Waals surface area contributed by atoms with Crippen molar-refractivity contribution in [2.45, 2.75) is 39.7 Å². The molecule has 0 aliphatic carbocycles. The molecule has 0 fully saturated rings. The quantitative estimate of drug-likeness (QED) is 0.587. The van der Waals surface area contributed by atoms with Crippen LogP contribution in [0.25, 0.3) is 0 Å². The molecule has 0 saturated heterocycles. The number of aromatic nitrogens is 2. The van der Waals surface area contributed by atoms with Crippen molar-refractivity contribution in [1.82, 2.24) is 9.78 Å². The van der Waals surface area contributed by atoms with E-state index in [2.05, 4.69) is 43.3 Å². The van der Waals surface area contributed by atoms with Crippen molar-refractivity contribution in [3.63, 3.8) is 0 Å². The fourth-order valence-electron chi connectivity index (χ4n) is 3.16. The highest BCUT2D eigenvalue weighted by atomic mass is 16.5. The van der Waals surface area contributed by atoms with Gasteiger partial charge in [-0.2, -0.15) is 5.10 Å². The number of rotatable bonds is 7. The summed E-state index contributed by atoms with van der Waals surface area (Å²) in [6, 6.07) is 18.5. The van der Waals surface area contributed by atoms with Gasteiger partial charge >= 0.3 is 0 Å². The van der Waals surface area contributed by atoms with Crippen molar-refractivity contribution in [2.75, 3.05) is 5.32 Å². The fourth-order valence-corrected chi connectivity index (χ4v) is 3.16. The van der Waals surface area contributed by atoms with Gasteiger partial charge in [-0.15, -0.1) is 0 Å². The molecule has 3 aromatic rings. The predicted octanol–water partition coefficient (Wildman–Crippen LogP) is 5.78. The summed E-state index contributed by atoms with van der Waals surface area (Å²) >= 11 is 0. The van der Waals surface area contributed by atoms with Crippen LogP contribution in [-0.2, 0) is 7.05 Å². The van der Waals surface area contributed by atoms with Gasteiger partial charge in [0, 0.05) is 7.05 Å². The lowest BCUT2D eigenvalue weighted by Crippen LogP contribution is -2.12. The second kappa shape index (κ2) is 8.09. The average Bonchev–Trinajstić information content (AvgIpc) is 2.89. The minimum atomic E-state index is 0.257. The first kappa shape index (κ1) is 18.1. The summed E-state index contributed by atoms with van der Waals surface area (Å²) in [6.07, 6.45) is 2.17. The van der Waals surface area contributed by atoms with Gasteiger partial charge < -0.3 is 10.1 Å². The highest BCUT2D eigenvalue weighted by Crippen LogP contribution is 2.30. The molecule has 1 N–H and O–H groups in total. The lowest BCUT2D eigenvalue weighted by Gasteiger charge is -2.20. The number of para-hydroxylation sites is 1. The third-order valence-corrected chi connectivity index (χ3v) is 4.67. The van der Waals surface area contributed by atoms with E-state index < -0.39 is 0 Å². The fraction of sp³-hybridized carbons (Fsp3) is 0.318. The van der Waals surface area contributed by atoms with E-state index >= 15 is 0 Å². The molecule has 2 aromatic carbocycles. The number of anilines is 1. The number of nitrogens with one attached hydrogen (secondary N) is 1. The minimum Gasteiger partial charge on any atom is -0.457 e. The van der Waals surface area contributed by atoms with Crippen LogP contribution in [0.1, 0.15) is 42.8 Å². The van der Waals surface area contributed by atoms with E-state index in [0.717, 1.165) is 41.4 Å². The molecular weight excluding hydrogens is 322 g/mol. The Bertz CT molecular complexity index is 838. The topological polar surface area (TPSA) is 39.1 Å². The molecule has 0 amide bonds. The largest absolute Gasteiger partial charge is 0.457 e. The molecule has 0 aliphatic heterocycles. The van der Waals surface area contributed by atoms with Gasteiger partial charge in [0.1, 0.15) is 11.5 Å². The van der Waals surface area contributed by atoms with Crippen molar-refractivity contribution < 1.29 is 4.74 Å². The van der Waals surface area contributed by atoms with E-state index in [-0.39, 0.29) is 6.04 Å². The molecule has 0 spiro atoms. The normalized spacial score (nSPS) is 12.0. The van der Waals surface area contributed by atoms with Crippen molar-refractivity contribution in [3.05, 3.63) is 71.5 Å².